The zero-order chi connectivity index (χ0) is 48.1. The summed E-state index contributed by atoms with van der Waals surface area (Å²) in [7, 11) is 0. The normalized spacial score (nSPS) is 12.0. The van der Waals surface area contributed by atoms with Gasteiger partial charge in [0.1, 0.15) is 13.2 Å². The van der Waals surface area contributed by atoms with Crippen molar-refractivity contribution in [3.05, 3.63) is 0 Å². The van der Waals surface area contributed by atoms with Gasteiger partial charge in [0.25, 0.3) is 0 Å². The fraction of sp³-hybridized carbons (Fsp3) is 0.950. The van der Waals surface area contributed by atoms with Crippen molar-refractivity contribution in [2.24, 2.45) is 5.92 Å². The first-order valence-corrected chi connectivity index (χ1v) is 29.9. The number of hydrogen-bond acceptors (Lipinski definition) is 6. The van der Waals surface area contributed by atoms with Gasteiger partial charge in [-0.1, -0.05) is 304 Å². The second-order valence-electron chi connectivity index (χ2n) is 21.1. The van der Waals surface area contributed by atoms with Gasteiger partial charge in [0.05, 0.1) is 0 Å². The minimum Gasteiger partial charge on any atom is -0.462 e. The fourth-order valence-electron chi connectivity index (χ4n) is 9.28. The molecule has 0 aliphatic carbocycles. The van der Waals surface area contributed by atoms with Crippen LogP contribution in [0.3, 0.4) is 0 Å². The van der Waals surface area contributed by atoms with E-state index in [1.54, 1.807) is 0 Å². The molecule has 0 spiro atoms. The quantitative estimate of drug-likeness (QED) is 0.0343. The molecule has 66 heavy (non-hydrogen) atoms. The van der Waals surface area contributed by atoms with E-state index in [-0.39, 0.29) is 31.1 Å². The average molecular weight is 934 g/mol. The first-order chi connectivity index (χ1) is 32.4. The molecule has 0 bridgehead atoms. The Hall–Kier alpha value is -1.59. The SMILES string of the molecule is CCCCCCCCCCCCCCCCCCCC(=O)O[C@H](COC(=O)CCCCCCCCCCCCCCCCC)COC(=O)CCCCCCCCCCCCCCCC(C)C. The number of esters is 3. The minimum absolute atomic E-state index is 0.0616. The molecule has 0 aromatic rings. The van der Waals surface area contributed by atoms with Crippen LogP contribution in [-0.2, 0) is 28.6 Å². The monoisotopic (exact) mass is 933 g/mol. The standard InChI is InChI=1S/C60H116O6/c1-5-7-9-11-13-15-17-19-21-22-24-28-33-37-41-45-49-53-60(63)66-57(54-64-58(61)51-47-43-39-35-31-27-23-20-18-16-14-12-10-8-6-2)55-65-59(62)52-48-44-40-36-32-29-25-26-30-34-38-42-46-50-56(3)4/h56-57H,5-55H2,1-4H3/t57-/m1/s1. The molecule has 1 atom stereocenters. The Labute approximate surface area is 412 Å². The Balaban J connectivity index is 4.30. The largest absolute Gasteiger partial charge is 0.462 e. The maximum absolute atomic E-state index is 12.9. The summed E-state index contributed by atoms with van der Waals surface area (Å²) in [6, 6.07) is 0. The van der Waals surface area contributed by atoms with E-state index in [4.69, 9.17) is 14.2 Å². The predicted octanol–water partition coefficient (Wildman–Crippen LogP) is 19.8. The highest BCUT2D eigenvalue weighted by molar-refractivity contribution is 5.71. The van der Waals surface area contributed by atoms with Gasteiger partial charge in [-0.15, -0.1) is 0 Å². The second kappa shape index (κ2) is 54.4. The van der Waals surface area contributed by atoms with E-state index < -0.39 is 6.10 Å². The number of rotatable bonds is 55. The van der Waals surface area contributed by atoms with Gasteiger partial charge in [0.15, 0.2) is 6.10 Å². The molecule has 0 aliphatic heterocycles. The molecular formula is C60H116O6. The zero-order valence-corrected chi connectivity index (χ0v) is 45.2. The third kappa shape index (κ3) is 53.4. The van der Waals surface area contributed by atoms with Gasteiger partial charge in [-0.3, -0.25) is 14.4 Å². The Bertz CT molecular complexity index is 996. The van der Waals surface area contributed by atoms with E-state index in [1.165, 1.54) is 238 Å². The van der Waals surface area contributed by atoms with Crippen LogP contribution in [-0.4, -0.2) is 37.2 Å². The maximum atomic E-state index is 12.9. The highest BCUT2D eigenvalue weighted by Gasteiger charge is 2.19. The van der Waals surface area contributed by atoms with E-state index in [0.717, 1.165) is 63.7 Å². The highest BCUT2D eigenvalue weighted by atomic mass is 16.6. The summed E-state index contributed by atoms with van der Waals surface area (Å²) in [5.41, 5.74) is 0. The van der Waals surface area contributed by atoms with Crippen LogP contribution in [0.4, 0.5) is 0 Å². The van der Waals surface area contributed by atoms with E-state index in [0.29, 0.717) is 19.3 Å². The summed E-state index contributed by atoms with van der Waals surface area (Å²) in [4.78, 5) is 38.2. The van der Waals surface area contributed by atoms with Gasteiger partial charge in [0, 0.05) is 19.3 Å². The molecule has 0 rings (SSSR count). The molecule has 0 radical (unpaired) electrons. The van der Waals surface area contributed by atoms with Crippen LogP contribution in [0.2, 0.25) is 0 Å². The first kappa shape index (κ1) is 64.4. The summed E-state index contributed by atoms with van der Waals surface area (Å²) in [6.45, 7) is 9.07. The molecule has 0 aromatic carbocycles. The van der Waals surface area contributed by atoms with Crippen molar-refractivity contribution in [1.29, 1.82) is 0 Å². The second-order valence-corrected chi connectivity index (χ2v) is 21.1. The maximum Gasteiger partial charge on any atom is 0.306 e. The Morgan fingerprint density at radius 1 is 0.288 bits per heavy atom. The van der Waals surface area contributed by atoms with Crippen molar-refractivity contribution in [3.8, 4) is 0 Å². The number of carbonyl (C=O) groups excluding carboxylic acids is 3. The summed E-state index contributed by atoms with van der Waals surface area (Å²) < 4.78 is 16.9. The van der Waals surface area contributed by atoms with Crippen molar-refractivity contribution >= 4 is 17.9 Å². The van der Waals surface area contributed by atoms with Gasteiger partial charge in [0.2, 0.25) is 0 Å². The number of unbranched alkanes of at least 4 members (excludes halogenated alkanes) is 42. The van der Waals surface area contributed by atoms with E-state index in [9.17, 15) is 14.4 Å². The zero-order valence-electron chi connectivity index (χ0n) is 45.2. The van der Waals surface area contributed by atoms with Gasteiger partial charge >= 0.3 is 17.9 Å². The number of carbonyl (C=O) groups is 3. The molecule has 6 heteroatoms. The molecule has 392 valence electrons. The molecular weight excluding hydrogens is 817 g/mol. The molecule has 0 N–H and O–H groups in total. The topological polar surface area (TPSA) is 78.9 Å². The molecule has 0 saturated carbocycles. The van der Waals surface area contributed by atoms with Gasteiger partial charge in [-0.25, -0.2) is 0 Å². The Morgan fingerprint density at radius 3 is 0.742 bits per heavy atom. The highest BCUT2D eigenvalue weighted by Crippen LogP contribution is 2.18. The lowest BCUT2D eigenvalue weighted by atomic mass is 10.0. The predicted molar refractivity (Wildman–Crippen MR) is 284 cm³/mol. The van der Waals surface area contributed by atoms with E-state index >= 15 is 0 Å². The van der Waals surface area contributed by atoms with Gasteiger partial charge in [-0.2, -0.15) is 0 Å². The third-order valence-electron chi connectivity index (χ3n) is 13.8. The van der Waals surface area contributed by atoms with Crippen molar-refractivity contribution in [1.82, 2.24) is 0 Å². The molecule has 0 unspecified atom stereocenters. The summed E-state index contributed by atoms with van der Waals surface area (Å²) in [5, 5.41) is 0. The molecule has 0 saturated heterocycles. The Kier molecular flexibility index (Phi) is 53.0. The van der Waals surface area contributed by atoms with E-state index in [2.05, 4.69) is 27.7 Å². The lowest BCUT2D eigenvalue weighted by molar-refractivity contribution is -0.167. The lowest BCUT2D eigenvalue weighted by Crippen LogP contribution is -2.30. The van der Waals surface area contributed by atoms with Crippen molar-refractivity contribution in [2.45, 2.75) is 348 Å². The Morgan fingerprint density at radius 2 is 0.500 bits per heavy atom. The molecule has 0 fully saturated rings. The van der Waals surface area contributed by atoms with Crippen LogP contribution in [0.25, 0.3) is 0 Å². The molecule has 0 aliphatic rings. The van der Waals surface area contributed by atoms with Crippen LogP contribution in [0.1, 0.15) is 342 Å². The van der Waals surface area contributed by atoms with E-state index in [1.807, 2.05) is 0 Å². The molecule has 0 amide bonds. The summed E-state index contributed by atoms with van der Waals surface area (Å²) >= 11 is 0. The van der Waals surface area contributed by atoms with Gasteiger partial charge < -0.3 is 14.2 Å². The lowest BCUT2D eigenvalue weighted by Gasteiger charge is -2.18. The van der Waals surface area contributed by atoms with Crippen LogP contribution >= 0.6 is 0 Å². The van der Waals surface area contributed by atoms with Crippen LogP contribution in [0, 0.1) is 5.92 Å². The minimum atomic E-state index is -0.762. The molecule has 0 aromatic heterocycles. The van der Waals surface area contributed by atoms with Crippen molar-refractivity contribution in [2.75, 3.05) is 13.2 Å². The van der Waals surface area contributed by atoms with Crippen LogP contribution in [0.5, 0.6) is 0 Å². The number of ether oxygens (including phenoxy) is 3. The van der Waals surface area contributed by atoms with Crippen molar-refractivity contribution in [3.63, 3.8) is 0 Å². The smallest absolute Gasteiger partial charge is 0.306 e. The third-order valence-corrected chi connectivity index (χ3v) is 13.8. The summed E-state index contributed by atoms with van der Waals surface area (Å²) in [5.74, 6) is 0.00753. The van der Waals surface area contributed by atoms with Crippen LogP contribution < -0.4 is 0 Å². The average Bonchev–Trinajstić information content (AvgIpc) is 3.30. The summed E-state index contributed by atoms with van der Waals surface area (Å²) in [6.07, 6.45) is 59.5. The first-order valence-electron chi connectivity index (χ1n) is 29.9. The van der Waals surface area contributed by atoms with Crippen LogP contribution in [0.15, 0.2) is 0 Å². The molecule has 6 nitrogen and oxygen atoms in total. The number of hydrogen-bond donors (Lipinski definition) is 0. The van der Waals surface area contributed by atoms with Gasteiger partial charge in [-0.05, 0) is 25.2 Å². The fourth-order valence-corrected chi connectivity index (χ4v) is 9.28. The molecule has 0 heterocycles. The van der Waals surface area contributed by atoms with Crippen molar-refractivity contribution < 1.29 is 28.6 Å².